The van der Waals surface area contributed by atoms with E-state index in [-0.39, 0.29) is 18.9 Å². The van der Waals surface area contributed by atoms with E-state index in [4.69, 9.17) is 4.74 Å². The van der Waals surface area contributed by atoms with Crippen LogP contribution < -0.4 is 10.1 Å². The van der Waals surface area contributed by atoms with Gasteiger partial charge in [-0.1, -0.05) is 6.07 Å². The van der Waals surface area contributed by atoms with Gasteiger partial charge in [-0.15, -0.1) is 0 Å². The first-order chi connectivity index (χ1) is 11.0. The van der Waals surface area contributed by atoms with Gasteiger partial charge in [0.25, 0.3) is 0 Å². The molecule has 0 aromatic heterocycles. The molecule has 23 heavy (non-hydrogen) atoms. The summed E-state index contributed by atoms with van der Waals surface area (Å²) in [7, 11) is 1.59. The number of amides is 1. The predicted molar refractivity (Wildman–Crippen MR) is 87.2 cm³/mol. The molecule has 0 atom stereocenters. The molecule has 2 aromatic rings. The first kappa shape index (κ1) is 17.4. The number of aryl methyl sites for hydroxylation is 1. The highest BCUT2D eigenvalue weighted by Gasteiger charge is 2.06. The van der Waals surface area contributed by atoms with Gasteiger partial charge in [0, 0.05) is 19.0 Å². The summed E-state index contributed by atoms with van der Waals surface area (Å²) in [5, 5.41) is 2.65. The van der Waals surface area contributed by atoms with E-state index >= 15 is 0 Å². The van der Waals surface area contributed by atoms with Crippen LogP contribution in [0, 0.1) is 11.6 Å². The van der Waals surface area contributed by atoms with Gasteiger partial charge in [0.2, 0.25) is 5.91 Å². The molecular weight excluding hydrogens is 368 g/mol. The van der Waals surface area contributed by atoms with Gasteiger partial charge >= 0.3 is 0 Å². The first-order valence-corrected chi connectivity index (χ1v) is 7.81. The van der Waals surface area contributed by atoms with Crippen LogP contribution in [0.2, 0.25) is 0 Å². The van der Waals surface area contributed by atoms with Crippen molar-refractivity contribution in [3.63, 3.8) is 0 Å². The second kappa shape index (κ2) is 8.06. The van der Waals surface area contributed by atoms with Crippen LogP contribution >= 0.6 is 15.9 Å². The van der Waals surface area contributed by atoms with Crippen LogP contribution in [-0.4, -0.2) is 13.0 Å². The number of ether oxygens (including phenoxy) is 1. The predicted octanol–water partition coefficient (Wildman–Crippen LogP) is 3.98. The zero-order chi connectivity index (χ0) is 16.8. The van der Waals surface area contributed by atoms with Crippen molar-refractivity contribution in [2.45, 2.75) is 19.4 Å². The maximum absolute atomic E-state index is 13.1. The second-order valence-electron chi connectivity index (χ2n) is 5.02. The summed E-state index contributed by atoms with van der Waals surface area (Å²) in [6.45, 7) is 0.0970. The molecule has 0 spiro atoms. The molecule has 2 rings (SSSR count). The van der Waals surface area contributed by atoms with E-state index in [9.17, 15) is 13.6 Å². The number of hydrogen-bond acceptors (Lipinski definition) is 2. The Morgan fingerprint density at radius 3 is 2.43 bits per heavy atom. The number of carbonyl (C=O) groups excluding carboxylic acids is 1. The number of methoxy groups -OCH3 is 1. The lowest BCUT2D eigenvalue weighted by molar-refractivity contribution is -0.121. The van der Waals surface area contributed by atoms with Crippen LogP contribution in [0.15, 0.2) is 40.9 Å². The molecule has 0 aliphatic rings. The minimum atomic E-state index is -0.655. The van der Waals surface area contributed by atoms with Crippen molar-refractivity contribution in [2.75, 3.05) is 7.11 Å². The Kier molecular flexibility index (Phi) is 6.10. The van der Waals surface area contributed by atoms with Gasteiger partial charge in [0.05, 0.1) is 11.6 Å². The van der Waals surface area contributed by atoms with Gasteiger partial charge in [-0.3, -0.25) is 4.79 Å². The fraction of sp³-hybridized carbons (Fsp3) is 0.235. The van der Waals surface area contributed by atoms with E-state index in [2.05, 4.69) is 21.2 Å². The van der Waals surface area contributed by atoms with E-state index in [1.165, 1.54) is 12.1 Å². The minimum Gasteiger partial charge on any atom is -0.496 e. The summed E-state index contributed by atoms with van der Waals surface area (Å²) in [5.74, 6) is -0.761. The molecule has 0 saturated carbocycles. The van der Waals surface area contributed by atoms with Gasteiger partial charge in [0.1, 0.15) is 17.4 Å². The van der Waals surface area contributed by atoms with Crippen molar-refractivity contribution >= 4 is 21.8 Å². The molecule has 2 aromatic carbocycles. The molecule has 1 N–H and O–H groups in total. The van der Waals surface area contributed by atoms with Crippen molar-refractivity contribution in [1.82, 2.24) is 5.32 Å². The third kappa shape index (κ3) is 5.32. The van der Waals surface area contributed by atoms with Gasteiger partial charge in [-0.25, -0.2) is 8.78 Å². The van der Waals surface area contributed by atoms with E-state index < -0.39 is 11.6 Å². The monoisotopic (exact) mass is 383 g/mol. The molecule has 0 aliphatic heterocycles. The standard InChI is InChI=1S/C17H16BrF2NO2/c1-23-16-4-2-11(8-15(16)18)3-5-17(22)21-10-12-6-13(19)9-14(20)7-12/h2,4,6-9H,3,5,10H2,1H3,(H,21,22). The van der Waals surface area contributed by atoms with E-state index in [1.54, 1.807) is 7.11 Å². The summed E-state index contributed by atoms with van der Waals surface area (Å²) < 4.78 is 32.1. The smallest absolute Gasteiger partial charge is 0.220 e. The molecule has 0 unspecified atom stereocenters. The Balaban J connectivity index is 1.84. The number of nitrogens with one attached hydrogen (secondary N) is 1. The van der Waals surface area contributed by atoms with Crippen LogP contribution in [0.3, 0.4) is 0 Å². The second-order valence-corrected chi connectivity index (χ2v) is 5.88. The number of carbonyl (C=O) groups is 1. The lowest BCUT2D eigenvalue weighted by Gasteiger charge is -2.08. The number of halogens is 3. The van der Waals surface area contributed by atoms with E-state index in [0.717, 1.165) is 21.9 Å². The molecule has 6 heteroatoms. The zero-order valence-corrected chi connectivity index (χ0v) is 14.1. The Hall–Kier alpha value is -1.95. The van der Waals surface area contributed by atoms with Gasteiger partial charge < -0.3 is 10.1 Å². The SMILES string of the molecule is COc1ccc(CCC(=O)NCc2cc(F)cc(F)c2)cc1Br. The lowest BCUT2D eigenvalue weighted by atomic mass is 10.1. The highest BCUT2D eigenvalue weighted by atomic mass is 79.9. The molecule has 0 fully saturated rings. The molecule has 1 amide bonds. The summed E-state index contributed by atoms with van der Waals surface area (Å²) in [6.07, 6.45) is 0.850. The molecule has 0 aliphatic carbocycles. The van der Waals surface area contributed by atoms with Crippen molar-refractivity contribution in [2.24, 2.45) is 0 Å². The molecule has 0 saturated heterocycles. The van der Waals surface area contributed by atoms with E-state index in [0.29, 0.717) is 12.0 Å². The molecular formula is C17H16BrF2NO2. The van der Waals surface area contributed by atoms with Crippen LogP contribution in [0.25, 0.3) is 0 Å². The van der Waals surface area contributed by atoms with Crippen LogP contribution in [0.5, 0.6) is 5.75 Å². The maximum Gasteiger partial charge on any atom is 0.220 e. The average Bonchev–Trinajstić information content (AvgIpc) is 2.50. The molecule has 0 radical (unpaired) electrons. The summed E-state index contributed by atoms with van der Waals surface area (Å²) in [6, 6.07) is 8.81. The first-order valence-electron chi connectivity index (χ1n) is 7.02. The quantitative estimate of drug-likeness (QED) is 0.818. The zero-order valence-electron chi connectivity index (χ0n) is 12.5. The fourth-order valence-electron chi connectivity index (χ4n) is 2.13. The highest BCUT2D eigenvalue weighted by molar-refractivity contribution is 9.10. The Morgan fingerprint density at radius 2 is 1.83 bits per heavy atom. The third-order valence-corrected chi connectivity index (χ3v) is 3.89. The Morgan fingerprint density at radius 1 is 1.13 bits per heavy atom. The molecule has 122 valence electrons. The number of rotatable bonds is 6. The fourth-order valence-corrected chi connectivity index (χ4v) is 2.71. The number of hydrogen-bond donors (Lipinski definition) is 1. The van der Waals surface area contributed by atoms with Crippen molar-refractivity contribution in [3.05, 3.63) is 63.6 Å². The van der Waals surface area contributed by atoms with Crippen LogP contribution in [-0.2, 0) is 17.8 Å². The van der Waals surface area contributed by atoms with Crippen molar-refractivity contribution in [3.8, 4) is 5.75 Å². The molecule has 0 heterocycles. The topological polar surface area (TPSA) is 38.3 Å². The van der Waals surface area contributed by atoms with Crippen molar-refractivity contribution < 1.29 is 18.3 Å². The maximum atomic E-state index is 13.1. The lowest BCUT2D eigenvalue weighted by Crippen LogP contribution is -2.23. The summed E-state index contributed by atoms with van der Waals surface area (Å²) in [4.78, 5) is 11.8. The Labute approximate surface area is 141 Å². The highest BCUT2D eigenvalue weighted by Crippen LogP contribution is 2.25. The normalized spacial score (nSPS) is 10.4. The van der Waals surface area contributed by atoms with Crippen LogP contribution in [0.4, 0.5) is 8.78 Å². The van der Waals surface area contributed by atoms with Gasteiger partial charge in [0.15, 0.2) is 0 Å². The molecule has 3 nitrogen and oxygen atoms in total. The number of benzene rings is 2. The summed E-state index contributed by atoms with van der Waals surface area (Å²) >= 11 is 3.39. The Bertz CT molecular complexity index is 687. The van der Waals surface area contributed by atoms with Crippen molar-refractivity contribution in [1.29, 1.82) is 0 Å². The third-order valence-electron chi connectivity index (χ3n) is 3.27. The van der Waals surface area contributed by atoms with Crippen LogP contribution in [0.1, 0.15) is 17.5 Å². The van der Waals surface area contributed by atoms with Gasteiger partial charge in [-0.05, 0) is 57.7 Å². The molecule has 0 bridgehead atoms. The summed E-state index contributed by atoms with van der Waals surface area (Å²) in [5.41, 5.74) is 1.38. The van der Waals surface area contributed by atoms with Gasteiger partial charge in [-0.2, -0.15) is 0 Å². The minimum absolute atomic E-state index is 0.0970. The van der Waals surface area contributed by atoms with E-state index in [1.807, 2.05) is 18.2 Å². The average molecular weight is 384 g/mol. The largest absolute Gasteiger partial charge is 0.496 e.